The van der Waals surface area contributed by atoms with Crippen molar-refractivity contribution in [2.75, 3.05) is 16.8 Å². The van der Waals surface area contributed by atoms with Crippen LogP contribution >= 0.6 is 11.6 Å². The van der Waals surface area contributed by atoms with Crippen LogP contribution in [0, 0.1) is 5.82 Å². The third kappa shape index (κ3) is 4.51. The highest BCUT2D eigenvalue weighted by Gasteiger charge is 2.29. The molecule has 3 aromatic rings. The molecule has 3 heterocycles. The number of halogens is 2. The molecule has 0 saturated carbocycles. The van der Waals surface area contributed by atoms with Crippen LogP contribution in [0.4, 0.5) is 16.0 Å². The lowest BCUT2D eigenvalue weighted by atomic mass is 10.0. The first kappa shape index (κ1) is 21.2. The van der Waals surface area contributed by atoms with Crippen LogP contribution in [0.1, 0.15) is 31.4 Å². The summed E-state index contributed by atoms with van der Waals surface area (Å²) in [7, 11) is 0. The van der Waals surface area contributed by atoms with Gasteiger partial charge in [-0.25, -0.2) is 19.3 Å². The summed E-state index contributed by atoms with van der Waals surface area (Å²) in [5, 5.41) is 3.52. The smallest absolute Gasteiger partial charge is 0.231 e. The molecule has 0 spiro atoms. The van der Waals surface area contributed by atoms with E-state index in [9.17, 15) is 4.79 Å². The van der Waals surface area contributed by atoms with Crippen molar-refractivity contribution in [1.82, 2.24) is 15.0 Å². The largest absolute Gasteiger partial charge is 0.352 e. The van der Waals surface area contributed by atoms with Crippen LogP contribution in [0.25, 0.3) is 11.3 Å². The summed E-state index contributed by atoms with van der Waals surface area (Å²) in [5.74, 6) is -0.133. The molecule has 2 aromatic heterocycles. The number of hydrogen-bond donors (Lipinski definition) is 1. The van der Waals surface area contributed by atoms with Crippen LogP contribution in [0.15, 0.2) is 42.7 Å². The molecule has 0 radical (unpaired) electrons. The maximum atomic E-state index is 15.1. The van der Waals surface area contributed by atoms with Gasteiger partial charge in [-0.15, -0.1) is 0 Å². The van der Waals surface area contributed by atoms with E-state index in [0.717, 1.165) is 12.0 Å². The Bertz CT molecular complexity index is 1120. The Kier molecular flexibility index (Phi) is 6.13. The van der Waals surface area contributed by atoms with Crippen molar-refractivity contribution in [1.29, 1.82) is 0 Å². The van der Waals surface area contributed by atoms with Gasteiger partial charge in [0, 0.05) is 30.5 Å². The number of hydrogen-bond acceptors (Lipinski definition) is 5. The molecular weight excluding hydrogens is 417 g/mol. The SMILES string of the molecule is CCC(C)Nc1nccc(-c2cc(F)c3c(c2)CCN3C(=O)Cc2cccnc2Cl)n1. The first-order valence-electron chi connectivity index (χ1n) is 10.3. The van der Waals surface area contributed by atoms with Crippen LogP contribution in [0.3, 0.4) is 0 Å². The molecule has 0 bridgehead atoms. The van der Waals surface area contributed by atoms with Crippen molar-refractivity contribution in [3.05, 3.63) is 64.8 Å². The number of nitrogens with zero attached hydrogens (tertiary/aromatic N) is 4. The maximum absolute atomic E-state index is 15.1. The fourth-order valence-corrected chi connectivity index (χ4v) is 3.80. The number of amides is 1. The van der Waals surface area contributed by atoms with E-state index in [1.165, 1.54) is 11.0 Å². The molecule has 0 fully saturated rings. The Morgan fingerprint density at radius 1 is 1.29 bits per heavy atom. The predicted octanol–water partition coefficient (Wildman–Crippen LogP) is 4.67. The highest BCUT2D eigenvalue weighted by Crippen LogP contribution is 2.35. The minimum Gasteiger partial charge on any atom is -0.352 e. The molecule has 1 aromatic carbocycles. The molecule has 160 valence electrons. The Morgan fingerprint density at radius 3 is 2.90 bits per heavy atom. The molecule has 8 heteroatoms. The number of carbonyl (C=O) groups is 1. The van der Waals surface area contributed by atoms with Crippen molar-refractivity contribution < 1.29 is 9.18 Å². The van der Waals surface area contributed by atoms with Crippen molar-refractivity contribution in [2.24, 2.45) is 0 Å². The molecule has 6 nitrogen and oxygen atoms in total. The summed E-state index contributed by atoms with van der Waals surface area (Å²) in [6, 6.07) is 8.80. The lowest BCUT2D eigenvalue weighted by molar-refractivity contribution is -0.117. The van der Waals surface area contributed by atoms with E-state index < -0.39 is 5.82 Å². The third-order valence-electron chi connectivity index (χ3n) is 5.44. The van der Waals surface area contributed by atoms with Gasteiger partial charge in [-0.2, -0.15) is 0 Å². The standard InChI is InChI=1S/C23H23ClFN5O/c1-3-14(2)28-23-27-9-6-19(29-23)17-11-15-7-10-30(21(15)18(25)12-17)20(31)13-16-5-4-8-26-22(16)24/h4-6,8-9,11-12,14H,3,7,10,13H2,1-2H3,(H,27,28,29). The van der Waals surface area contributed by atoms with E-state index in [1.54, 1.807) is 30.6 Å². The van der Waals surface area contributed by atoms with Gasteiger partial charge in [-0.1, -0.05) is 24.6 Å². The van der Waals surface area contributed by atoms with Gasteiger partial charge in [0.05, 0.1) is 17.8 Å². The maximum Gasteiger partial charge on any atom is 0.231 e. The van der Waals surface area contributed by atoms with Crippen LogP contribution in [-0.4, -0.2) is 33.4 Å². The summed E-state index contributed by atoms with van der Waals surface area (Å²) >= 11 is 6.08. The Morgan fingerprint density at radius 2 is 2.13 bits per heavy atom. The molecular formula is C23H23ClFN5O. The van der Waals surface area contributed by atoms with E-state index in [4.69, 9.17) is 11.6 Å². The second kappa shape index (κ2) is 8.98. The zero-order valence-electron chi connectivity index (χ0n) is 17.4. The summed E-state index contributed by atoms with van der Waals surface area (Å²) in [4.78, 5) is 27.1. The molecule has 1 atom stereocenters. The van der Waals surface area contributed by atoms with E-state index in [0.29, 0.717) is 41.4 Å². The number of rotatable bonds is 6. The average molecular weight is 440 g/mol. The number of pyridine rings is 1. The van der Waals surface area contributed by atoms with Crippen LogP contribution in [0.5, 0.6) is 0 Å². The molecule has 1 amide bonds. The number of benzene rings is 1. The number of nitrogens with one attached hydrogen (secondary N) is 1. The van der Waals surface area contributed by atoms with Gasteiger partial charge in [0.15, 0.2) is 0 Å². The molecule has 0 aliphatic carbocycles. The summed E-state index contributed by atoms with van der Waals surface area (Å²) in [5.41, 5.74) is 3.04. The van der Waals surface area contributed by atoms with Gasteiger partial charge >= 0.3 is 0 Å². The lowest BCUT2D eigenvalue weighted by Crippen LogP contribution is -2.31. The number of aromatic nitrogens is 3. The van der Waals surface area contributed by atoms with E-state index in [2.05, 4.69) is 34.1 Å². The summed E-state index contributed by atoms with van der Waals surface area (Å²) in [6.07, 6.45) is 4.82. The van der Waals surface area contributed by atoms with Crippen molar-refractivity contribution in [3.63, 3.8) is 0 Å². The number of carbonyl (C=O) groups excluding carboxylic acids is 1. The zero-order valence-corrected chi connectivity index (χ0v) is 18.2. The van der Waals surface area contributed by atoms with Gasteiger partial charge < -0.3 is 10.2 Å². The lowest BCUT2D eigenvalue weighted by Gasteiger charge is -2.19. The second-order valence-corrected chi connectivity index (χ2v) is 7.97. The van der Waals surface area contributed by atoms with Gasteiger partial charge in [-0.05, 0) is 55.2 Å². The zero-order chi connectivity index (χ0) is 22.0. The first-order valence-corrected chi connectivity index (χ1v) is 10.7. The molecule has 0 saturated heterocycles. The van der Waals surface area contributed by atoms with Gasteiger partial charge in [-0.3, -0.25) is 4.79 Å². The van der Waals surface area contributed by atoms with E-state index in [1.807, 2.05) is 6.07 Å². The average Bonchev–Trinajstić information content (AvgIpc) is 3.20. The molecule has 1 N–H and O–H groups in total. The molecule has 1 aliphatic heterocycles. The minimum atomic E-state index is -0.439. The van der Waals surface area contributed by atoms with Crippen LogP contribution in [0.2, 0.25) is 5.15 Å². The van der Waals surface area contributed by atoms with Crippen molar-refractivity contribution in [2.45, 2.75) is 39.2 Å². The molecule has 1 unspecified atom stereocenters. The molecule has 31 heavy (non-hydrogen) atoms. The summed E-state index contributed by atoms with van der Waals surface area (Å²) < 4.78 is 15.1. The van der Waals surface area contributed by atoms with Crippen molar-refractivity contribution >= 4 is 29.1 Å². The van der Waals surface area contributed by atoms with Crippen LogP contribution < -0.4 is 10.2 Å². The quantitative estimate of drug-likeness (QED) is 0.565. The third-order valence-corrected chi connectivity index (χ3v) is 5.78. The van der Waals surface area contributed by atoms with Gasteiger partial charge in [0.25, 0.3) is 0 Å². The van der Waals surface area contributed by atoms with Crippen molar-refractivity contribution in [3.8, 4) is 11.3 Å². The van der Waals surface area contributed by atoms with Gasteiger partial charge in [0.2, 0.25) is 11.9 Å². The highest BCUT2D eigenvalue weighted by molar-refractivity contribution is 6.30. The molecule has 1 aliphatic rings. The van der Waals surface area contributed by atoms with Gasteiger partial charge in [0.1, 0.15) is 11.0 Å². The Labute approximate surface area is 185 Å². The van der Waals surface area contributed by atoms with E-state index >= 15 is 4.39 Å². The highest BCUT2D eigenvalue weighted by atomic mass is 35.5. The fraction of sp³-hybridized carbons (Fsp3) is 0.304. The predicted molar refractivity (Wildman–Crippen MR) is 120 cm³/mol. The molecule has 4 rings (SSSR count). The second-order valence-electron chi connectivity index (χ2n) is 7.61. The van der Waals surface area contributed by atoms with E-state index in [-0.39, 0.29) is 23.5 Å². The number of fused-ring (bicyclic) bond motifs is 1. The Balaban J connectivity index is 1.59. The topological polar surface area (TPSA) is 71.0 Å². The fourth-order valence-electron chi connectivity index (χ4n) is 3.61. The number of anilines is 2. The minimum absolute atomic E-state index is 0.0733. The summed E-state index contributed by atoms with van der Waals surface area (Å²) in [6.45, 7) is 4.55. The Hall–Kier alpha value is -3.06. The monoisotopic (exact) mass is 439 g/mol. The van der Waals surface area contributed by atoms with Crippen LogP contribution in [-0.2, 0) is 17.6 Å². The normalized spacial score (nSPS) is 13.7. The first-order chi connectivity index (χ1) is 15.0.